The summed E-state index contributed by atoms with van der Waals surface area (Å²) in [7, 11) is 1.69. The van der Waals surface area contributed by atoms with Crippen LogP contribution in [0, 0.1) is 0 Å². The SMILES string of the molecule is COc1ccc(CN2CCc3c(c(C(=O)NCc4cccc5ccccc45)nn3CCNCC(=O)O)C2)c2ccccc12. The van der Waals surface area contributed by atoms with Crippen molar-refractivity contribution >= 4 is 33.4 Å². The molecule has 0 spiro atoms. The molecule has 0 saturated heterocycles. The number of fused-ring (bicyclic) bond motifs is 3. The molecule has 9 nitrogen and oxygen atoms in total. The van der Waals surface area contributed by atoms with Crippen molar-refractivity contribution in [2.75, 3.05) is 26.7 Å². The molecule has 2 heterocycles. The minimum atomic E-state index is -0.905. The van der Waals surface area contributed by atoms with Gasteiger partial charge in [0.2, 0.25) is 0 Å². The Labute approximate surface area is 250 Å². The molecular formula is C34H35N5O4. The topological polar surface area (TPSA) is 109 Å². The summed E-state index contributed by atoms with van der Waals surface area (Å²) in [6.45, 7) is 3.34. The van der Waals surface area contributed by atoms with E-state index in [0.29, 0.717) is 31.9 Å². The van der Waals surface area contributed by atoms with Gasteiger partial charge in [0.15, 0.2) is 5.69 Å². The lowest BCUT2D eigenvalue weighted by Gasteiger charge is -2.28. The zero-order valence-corrected chi connectivity index (χ0v) is 24.2. The molecule has 1 aliphatic heterocycles. The minimum Gasteiger partial charge on any atom is -0.496 e. The Kier molecular flexibility index (Phi) is 8.35. The van der Waals surface area contributed by atoms with Crippen LogP contribution in [-0.4, -0.2) is 58.4 Å². The van der Waals surface area contributed by atoms with E-state index in [1.165, 1.54) is 5.56 Å². The number of carbonyl (C=O) groups excluding carboxylic acids is 1. The maximum absolute atomic E-state index is 13.7. The quantitative estimate of drug-likeness (QED) is 0.200. The summed E-state index contributed by atoms with van der Waals surface area (Å²) in [5.74, 6) is -0.265. The van der Waals surface area contributed by atoms with Crippen LogP contribution >= 0.6 is 0 Å². The molecule has 5 aromatic rings. The van der Waals surface area contributed by atoms with Crippen LogP contribution in [0.25, 0.3) is 21.5 Å². The van der Waals surface area contributed by atoms with E-state index >= 15 is 0 Å². The molecule has 1 aliphatic rings. The number of aliphatic carboxylic acids is 1. The Hall–Kier alpha value is -4.73. The van der Waals surface area contributed by atoms with Crippen molar-refractivity contribution in [3.63, 3.8) is 0 Å². The van der Waals surface area contributed by atoms with Crippen molar-refractivity contribution in [2.24, 2.45) is 0 Å². The van der Waals surface area contributed by atoms with Gasteiger partial charge in [-0.3, -0.25) is 19.2 Å². The number of carbonyl (C=O) groups is 2. The first kappa shape index (κ1) is 28.4. The molecule has 0 bridgehead atoms. The van der Waals surface area contributed by atoms with Gasteiger partial charge in [0, 0.05) is 55.8 Å². The molecule has 0 atom stereocenters. The van der Waals surface area contributed by atoms with Crippen LogP contribution in [0.3, 0.4) is 0 Å². The highest BCUT2D eigenvalue weighted by Gasteiger charge is 2.28. The fourth-order valence-electron chi connectivity index (χ4n) is 6.03. The van der Waals surface area contributed by atoms with E-state index in [4.69, 9.17) is 14.9 Å². The molecule has 3 N–H and O–H groups in total. The number of carboxylic acids is 1. The highest BCUT2D eigenvalue weighted by molar-refractivity contribution is 5.95. The molecule has 0 unspecified atom stereocenters. The summed E-state index contributed by atoms with van der Waals surface area (Å²) < 4.78 is 7.46. The third-order valence-electron chi connectivity index (χ3n) is 8.11. The van der Waals surface area contributed by atoms with E-state index in [-0.39, 0.29) is 12.5 Å². The van der Waals surface area contributed by atoms with E-state index in [1.54, 1.807) is 7.11 Å². The molecule has 6 rings (SSSR count). The number of nitrogens with zero attached hydrogens (tertiary/aromatic N) is 3. The average Bonchev–Trinajstić information content (AvgIpc) is 3.39. The van der Waals surface area contributed by atoms with Crippen LogP contribution in [0.15, 0.2) is 78.9 Å². The summed E-state index contributed by atoms with van der Waals surface area (Å²) in [5.41, 5.74) is 4.64. The number of nitrogens with one attached hydrogen (secondary N) is 2. The maximum atomic E-state index is 13.7. The van der Waals surface area contributed by atoms with Crippen molar-refractivity contribution in [2.45, 2.75) is 32.6 Å². The number of amides is 1. The molecule has 0 aliphatic carbocycles. The lowest BCUT2D eigenvalue weighted by molar-refractivity contribution is -0.135. The number of aromatic nitrogens is 2. The van der Waals surface area contributed by atoms with Crippen LogP contribution in [-0.2, 0) is 37.4 Å². The predicted molar refractivity (Wildman–Crippen MR) is 166 cm³/mol. The number of rotatable bonds is 11. The Balaban J connectivity index is 1.25. The number of benzene rings is 4. The molecule has 220 valence electrons. The van der Waals surface area contributed by atoms with Gasteiger partial charge >= 0.3 is 5.97 Å². The van der Waals surface area contributed by atoms with E-state index in [9.17, 15) is 9.59 Å². The van der Waals surface area contributed by atoms with Crippen molar-refractivity contribution in [3.8, 4) is 5.75 Å². The molecular weight excluding hydrogens is 542 g/mol. The van der Waals surface area contributed by atoms with Gasteiger partial charge in [0.1, 0.15) is 5.75 Å². The molecule has 1 aromatic heterocycles. The molecule has 0 fully saturated rings. The van der Waals surface area contributed by atoms with Crippen LogP contribution in [0.5, 0.6) is 5.75 Å². The molecule has 4 aromatic carbocycles. The van der Waals surface area contributed by atoms with Gasteiger partial charge in [-0.25, -0.2) is 0 Å². The molecule has 0 radical (unpaired) electrons. The van der Waals surface area contributed by atoms with Crippen molar-refractivity contribution < 1.29 is 19.4 Å². The van der Waals surface area contributed by atoms with E-state index in [0.717, 1.165) is 63.6 Å². The second-order valence-electron chi connectivity index (χ2n) is 10.8. The number of hydrogen-bond donors (Lipinski definition) is 3. The number of carboxylic acid groups (broad SMARTS) is 1. The van der Waals surface area contributed by atoms with Crippen molar-refractivity contribution in [1.82, 2.24) is 25.3 Å². The first-order valence-corrected chi connectivity index (χ1v) is 14.5. The summed E-state index contributed by atoms with van der Waals surface area (Å²) in [6, 6.07) is 26.6. The highest BCUT2D eigenvalue weighted by Crippen LogP contribution is 2.31. The minimum absolute atomic E-state index is 0.120. The number of methoxy groups -OCH3 is 1. The van der Waals surface area contributed by atoms with E-state index in [2.05, 4.69) is 51.9 Å². The van der Waals surface area contributed by atoms with Gasteiger partial charge in [0.05, 0.1) is 20.2 Å². The fourth-order valence-corrected chi connectivity index (χ4v) is 6.03. The lowest BCUT2D eigenvalue weighted by Crippen LogP contribution is -2.33. The number of ether oxygens (including phenoxy) is 1. The molecule has 1 amide bonds. The summed E-state index contributed by atoms with van der Waals surface area (Å²) in [5, 5.41) is 24.3. The zero-order chi connectivity index (χ0) is 29.8. The van der Waals surface area contributed by atoms with Crippen LogP contribution < -0.4 is 15.4 Å². The van der Waals surface area contributed by atoms with Crippen LogP contribution in [0.2, 0.25) is 0 Å². The molecule has 43 heavy (non-hydrogen) atoms. The summed E-state index contributed by atoms with van der Waals surface area (Å²) in [6.07, 6.45) is 0.742. The standard InChI is InChI=1S/C34H35N5O4/c1-43-31-14-13-25(27-11-4-5-12-28(27)31)21-38-17-15-30-29(22-38)33(37-39(30)18-16-35-20-32(40)41)34(42)36-19-24-9-6-8-23-7-2-3-10-26(23)24/h2-14,35H,15-22H2,1H3,(H,36,42)(H,40,41). The van der Waals surface area contributed by atoms with Gasteiger partial charge in [-0.2, -0.15) is 5.10 Å². The van der Waals surface area contributed by atoms with Crippen LogP contribution in [0.4, 0.5) is 0 Å². The second-order valence-corrected chi connectivity index (χ2v) is 10.8. The fraction of sp³-hybridized carbons (Fsp3) is 0.265. The largest absolute Gasteiger partial charge is 0.496 e. The molecule has 9 heteroatoms. The van der Waals surface area contributed by atoms with Gasteiger partial charge in [0.25, 0.3) is 5.91 Å². The van der Waals surface area contributed by atoms with Gasteiger partial charge in [-0.05, 0) is 33.4 Å². The Bertz CT molecular complexity index is 1790. The highest BCUT2D eigenvalue weighted by atomic mass is 16.5. The third kappa shape index (κ3) is 6.09. The van der Waals surface area contributed by atoms with Crippen LogP contribution in [0.1, 0.15) is 32.9 Å². The zero-order valence-electron chi connectivity index (χ0n) is 24.2. The van der Waals surface area contributed by atoms with Gasteiger partial charge in [-0.1, -0.05) is 72.8 Å². The first-order chi connectivity index (χ1) is 21.0. The second kappa shape index (κ2) is 12.6. The number of hydrogen-bond acceptors (Lipinski definition) is 6. The van der Waals surface area contributed by atoms with E-state index in [1.807, 2.05) is 47.1 Å². The summed E-state index contributed by atoms with van der Waals surface area (Å²) in [4.78, 5) is 27.0. The Morgan fingerprint density at radius 2 is 1.70 bits per heavy atom. The first-order valence-electron chi connectivity index (χ1n) is 14.5. The third-order valence-corrected chi connectivity index (χ3v) is 8.11. The van der Waals surface area contributed by atoms with Gasteiger partial charge in [-0.15, -0.1) is 0 Å². The normalized spacial score (nSPS) is 13.2. The predicted octanol–water partition coefficient (Wildman–Crippen LogP) is 4.36. The summed E-state index contributed by atoms with van der Waals surface area (Å²) >= 11 is 0. The maximum Gasteiger partial charge on any atom is 0.317 e. The average molecular weight is 578 g/mol. The Morgan fingerprint density at radius 1 is 0.930 bits per heavy atom. The monoisotopic (exact) mass is 577 g/mol. The van der Waals surface area contributed by atoms with Crippen molar-refractivity contribution in [3.05, 3.63) is 107 Å². The lowest BCUT2D eigenvalue weighted by atomic mass is 10.0. The molecule has 0 saturated carbocycles. The Morgan fingerprint density at radius 3 is 2.51 bits per heavy atom. The van der Waals surface area contributed by atoms with Crippen molar-refractivity contribution in [1.29, 1.82) is 0 Å². The smallest absolute Gasteiger partial charge is 0.317 e. The van der Waals surface area contributed by atoms with E-state index < -0.39 is 5.97 Å². The van der Waals surface area contributed by atoms with Gasteiger partial charge < -0.3 is 20.5 Å².